The Kier molecular flexibility index (Phi) is 4.76. The highest BCUT2D eigenvalue weighted by atomic mass is 35.5. The number of amides is 1. The lowest BCUT2D eigenvalue weighted by atomic mass is 10.0. The molecule has 0 saturated carbocycles. The third-order valence-electron chi connectivity index (χ3n) is 3.27. The molecule has 0 aromatic rings. The van der Waals surface area contributed by atoms with Gasteiger partial charge < -0.3 is 10.4 Å². The predicted octanol–water partition coefficient (Wildman–Crippen LogP) is 1.58. The molecule has 106 valence electrons. The zero-order valence-electron chi connectivity index (χ0n) is 10.7. The lowest BCUT2D eigenvalue weighted by molar-refractivity contribution is -0.149. The van der Waals surface area contributed by atoms with Gasteiger partial charge in [0, 0.05) is 5.75 Å². The van der Waals surface area contributed by atoms with Crippen molar-refractivity contribution >= 4 is 35.2 Å². The van der Waals surface area contributed by atoms with E-state index in [-0.39, 0.29) is 28.1 Å². The van der Waals surface area contributed by atoms with E-state index in [1.165, 1.54) is 16.7 Å². The fourth-order valence-corrected chi connectivity index (χ4v) is 3.85. The molecular formula is C12H17ClN2O3S. The lowest BCUT2D eigenvalue weighted by Crippen LogP contribution is -2.69. The molecule has 0 aromatic heterocycles. The van der Waals surface area contributed by atoms with Crippen LogP contribution in [0.2, 0.25) is 0 Å². The third-order valence-corrected chi connectivity index (χ3v) is 5.02. The third kappa shape index (κ3) is 2.75. The van der Waals surface area contributed by atoms with E-state index >= 15 is 0 Å². The van der Waals surface area contributed by atoms with Gasteiger partial charge in [-0.1, -0.05) is 31.4 Å². The van der Waals surface area contributed by atoms with Crippen molar-refractivity contribution in [3.63, 3.8) is 0 Å². The summed E-state index contributed by atoms with van der Waals surface area (Å²) in [6, 6.07) is -0.277. The number of carboxylic acids is 1. The Bertz CT molecular complexity index is 427. The second-order valence-corrected chi connectivity index (χ2v) is 6.17. The van der Waals surface area contributed by atoms with E-state index < -0.39 is 5.97 Å². The number of hydrogen-bond acceptors (Lipinski definition) is 4. The Hall–Kier alpha value is -0.720. The van der Waals surface area contributed by atoms with Crippen LogP contribution in [0.4, 0.5) is 0 Å². The molecular weight excluding hydrogens is 288 g/mol. The first-order valence-corrected chi connectivity index (χ1v) is 7.80. The molecule has 0 spiro atoms. The van der Waals surface area contributed by atoms with Crippen molar-refractivity contribution in [3.05, 3.63) is 10.7 Å². The first kappa shape index (κ1) is 14.7. The quantitative estimate of drug-likeness (QED) is 0.576. The Balaban J connectivity index is 1.97. The minimum absolute atomic E-state index is 0.0537. The fraction of sp³-hybridized carbons (Fsp3) is 0.667. The summed E-state index contributed by atoms with van der Waals surface area (Å²) in [7, 11) is 0. The second kappa shape index (κ2) is 6.15. The van der Waals surface area contributed by atoms with Crippen LogP contribution in [0.5, 0.6) is 0 Å². The molecule has 2 heterocycles. The van der Waals surface area contributed by atoms with Crippen LogP contribution in [0.1, 0.15) is 26.2 Å². The molecule has 1 amide bonds. The Morgan fingerprint density at radius 2 is 2.32 bits per heavy atom. The number of fused-ring (bicyclic) bond motifs is 1. The molecule has 19 heavy (non-hydrogen) atoms. The maximum Gasteiger partial charge on any atom is 0.353 e. The number of β-lactam (4-membered cyclic amide) rings is 1. The molecule has 2 rings (SSSR count). The SMILES string of the molecule is CCCCCNC1C(=O)N2C(C(=O)O)=C(Cl)CS[C@H]12. The Labute approximate surface area is 121 Å². The molecule has 2 N–H and O–H groups in total. The standard InChI is InChI=1S/C12H17ClN2O3S/c1-2-3-4-5-14-8-10(16)15-9(12(17)18)7(13)6-19-11(8)15/h8,11,14H,2-6H2,1H3,(H,17,18)/t8?,11-/m1/s1. The van der Waals surface area contributed by atoms with Crippen molar-refractivity contribution in [1.29, 1.82) is 0 Å². The van der Waals surface area contributed by atoms with Crippen LogP contribution in [0.3, 0.4) is 0 Å². The minimum Gasteiger partial charge on any atom is -0.477 e. The highest BCUT2D eigenvalue weighted by Gasteiger charge is 2.53. The van der Waals surface area contributed by atoms with Crippen LogP contribution >= 0.6 is 23.4 Å². The van der Waals surface area contributed by atoms with Gasteiger partial charge in [0.1, 0.15) is 17.1 Å². The van der Waals surface area contributed by atoms with Gasteiger partial charge in [-0.3, -0.25) is 9.69 Å². The summed E-state index contributed by atoms with van der Waals surface area (Å²) in [5.41, 5.74) is -0.0537. The lowest BCUT2D eigenvalue weighted by Gasteiger charge is -2.49. The van der Waals surface area contributed by atoms with Crippen LogP contribution in [0, 0.1) is 0 Å². The van der Waals surface area contributed by atoms with Gasteiger partial charge in [0.2, 0.25) is 5.91 Å². The van der Waals surface area contributed by atoms with E-state index in [9.17, 15) is 9.59 Å². The van der Waals surface area contributed by atoms with E-state index in [4.69, 9.17) is 16.7 Å². The average molecular weight is 305 g/mol. The van der Waals surface area contributed by atoms with Gasteiger partial charge in [-0.15, -0.1) is 11.8 Å². The van der Waals surface area contributed by atoms with Crippen molar-refractivity contribution in [2.45, 2.75) is 37.6 Å². The summed E-state index contributed by atoms with van der Waals surface area (Å²) in [5.74, 6) is -0.873. The zero-order chi connectivity index (χ0) is 14.0. The van der Waals surface area contributed by atoms with Gasteiger partial charge in [-0.25, -0.2) is 4.79 Å². The van der Waals surface area contributed by atoms with E-state index in [2.05, 4.69) is 12.2 Å². The van der Waals surface area contributed by atoms with Gasteiger partial charge in [0.15, 0.2) is 0 Å². The van der Waals surface area contributed by atoms with Crippen molar-refractivity contribution < 1.29 is 14.7 Å². The first-order valence-electron chi connectivity index (χ1n) is 6.38. The largest absolute Gasteiger partial charge is 0.477 e. The number of carboxylic acid groups (broad SMARTS) is 1. The summed E-state index contributed by atoms with van der Waals surface area (Å²) >= 11 is 7.40. The summed E-state index contributed by atoms with van der Waals surface area (Å²) in [4.78, 5) is 24.5. The van der Waals surface area contributed by atoms with Gasteiger partial charge in [0.05, 0.1) is 5.03 Å². The predicted molar refractivity (Wildman–Crippen MR) is 74.9 cm³/mol. The molecule has 7 heteroatoms. The van der Waals surface area contributed by atoms with Gasteiger partial charge >= 0.3 is 5.97 Å². The average Bonchev–Trinajstić information content (AvgIpc) is 2.38. The fourth-order valence-electron chi connectivity index (χ4n) is 2.27. The molecule has 5 nitrogen and oxygen atoms in total. The van der Waals surface area contributed by atoms with Gasteiger partial charge in [0.25, 0.3) is 0 Å². The number of carbonyl (C=O) groups excluding carboxylic acids is 1. The Morgan fingerprint density at radius 1 is 1.58 bits per heavy atom. The van der Waals surface area contributed by atoms with Crippen LogP contribution in [-0.2, 0) is 9.59 Å². The number of carbonyl (C=O) groups is 2. The molecule has 0 aromatic carbocycles. The molecule has 0 aliphatic carbocycles. The number of nitrogens with one attached hydrogen (secondary N) is 1. The molecule has 1 saturated heterocycles. The number of rotatable bonds is 6. The van der Waals surface area contributed by atoms with Crippen molar-refractivity contribution in [1.82, 2.24) is 10.2 Å². The van der Waals surface area contributed by atoms with E-state index in [0.29, 0.717) is 5.75 Å². The zero-order valence-corrected chi connectivity index (χ0v) is 12.3. The van der Waals surface area contributed by atoms with Crippen molar-refractivity contribution in [2.24, 2.45) is 0 Å². The molecule has 0 bridgehead atoms. The number of halogens is 1. The molecule has 1 fully saturated rings. The van der Waals surface area contributed by atoms with Gasteiger partial charge in [-0.05, 0) is 13.0 Å². The maximum absolute atomic E-state index is 12.0. The van der Waals surface area contributed by atoms with Crippen LogP contribution in [0.25, 0.3) is 0 Å². The number of unbranched alkanes of at least 4 members (excludes halogenated alkanes) is 2. The topological polar surface area (TPSA) is 69.6 Å². The minimum atomic E-state index is -1.13. The summed E-state index contributed by atoms with van der Waals surface area (Å²) in [6.07, 6.45) is 3.29. The van der Waals surface area contributed by atoms with Gasteiger partial charge in [-0.2, -0.15) is 0 Å². The molecule has 2 atom stereocenters. The Morgan fingerprint density at radius 3 is 2.95 bits per heavy atom. The van der Waals surface area contributed by atoms with Crippen molar-refractivity contribution in [3.8, 4) is 0 Å². The smallest absolute Gasteiger partial charge is 0.353 e. The van der Waals surface area contributed by atoms with E-state index in [1.54, 1.807) is 0 Å². The number of thioether (sulfide) groups is 1. The normalized spacial score (nSPS) is 26.2. The molecule has 1 unspecified atom stereocenters. The monoisotopic (exact) mass is 304 g/mol. The maximum atomic E-state index is 12.0. The highest BCUT2D eigenvalue weighted by molar-refractivity contribution is 8.00. The molecule has 2 aliphatic heterocycles. The van der Waals surface area contributed by atoms with Crippen LogP contribution in [0.15, 0.2) is 10.7 Å². The number of hydrogen-bond donors (Lipinski definition) is 2. The summed E-state index contributed by atoms with van der Waals surface area (Å²) in [5, 5.41) is 12.4. The number of aliphatic carboxylic acids is 1. The number of nitrogens with zero attached hydrogens (tertiary/aromatic N) is 1. The summed E-state index contributed by atoms with van der Waals surface area (Å²) < 4.78 is 0. The molecule has 0 radical (unpaired) electrons. The van der Waals surface area contributed by atoms with Crippen LogP contribution < -0.4 is 5.32 Å². The molecule has 2 aliphatic rings. The van der Waals surface area contributed by atoms with Crippen molar-refractivity contribution in [2.75, 3.05) is 12.3 Å². The van der Waals surface area contributed by atoms with E-state index in [1.807, 2.05) is 0 Å². The van der Waals surface area contributed by atoms with E-state index in [0.717, 1.165) is 25.8 Å². The first-order chi connectivity index (χ1) is 9.07. The highest BCUT2D eigenvalue weighted by Crippen LogP contribution is 2.41. The summed E-state index contributed by atoms with van der Waals surface area (Å²) in [6.45, 7) is 2.91. The second-order valence-electron chi connectivity index (χ2n) is 4.61. The van der Waals surface area contributed by atoms with Crippen LogP contribution in [-0.4, -0.2) is 45.6 Å².